The molecule has 1 aromatic rings. The molecule has 0 amide bonds. The van der Waals surface area contributed by atoms with Crippen molar-refractivity contribution in [2.75, 3.05) is 33.4 Å². The Labute approximate surface area is 195 Å². The number of ether oxygens (including phenoxy) is 2. The number of aromatic nitrogens is 1. The van der Waals surface area contributed by atoms with E-state index >= 15 is 0 Å². The summed E-state index contributed by atoms with van der Waals surface area (Å²) in [7, 11) is 1.75. The third-order valence-corrected chi connectivity index (χ3v) is 6.49. The average molecular weight is 538 g/mol. The molecule has 2 rings (SSSR count). The fourth-order valence-corrected chi connectivity index (χ4v) is 4.27. The molecule has 0 spiro atoms. The van der Waals surface area contributed by atoms with Crippen LogP contribution in [0.4, 0.5) is 0 Å². The summed E-state index contributed by atoms with van der Waals surface area (Å²) in [6.45, 7) is 10.5. The van der Waals surface area contributed by atoms with Crippen molar-refractivity contribution in [3.8, 4) is 0 Å². The van der Waals surface area contributed by atoms with Gasteiger partial charge in [-0.2, -0.15) is 0 Å². The van der Waals surface area contributed by atoms with Crippen LogP contribution in [0.2, 0.25) is 0 Å². The van der Waals surface area contributed by atoms with E-state index in [1.54, 1.807) is 14.0 Å². The highest BCUT2D eigenvalue weighted by molar-refractivity contribution is 14.0. The van der Waals surface area contributed by atoms with Gasteiger partial charge in [0.25, 0.3) is 0 Å². The van der Waals surface area contributed by atoms with Crippen molar-refractivity contribution in [2.45, 2.75) is 59.4 Å². The lowest BCUT2D eigenvalue weighted by atomic mass is 9.67. The molecule has 1 saturated carbocycles. The molecule has 1 atom stereocenters. The quantitative estimate of drug-likeness (QED) is 0.202. The summed E-state index contributed by atoms with van der Waals surface area (Å²) in [5.74, 6) is 0.478. The molecule has 1 aliphatic rings. The van der Waals surface area contributed by atoms with Gasteiger partial charge in [-0.3, -0.25) is 4.99 Å². The number of nitrogens with zero attached hydrogens (tertiary/aromatic N) is 2. The number of hydrogen-bond acceptors (Lipinski definition) is 6. The standard InChI is InChI=1S/C20H34N4O3S.HI/c1-6-21-19(22-13-20(9-8-10-20)11-12-26-5)24-15(4)17-23-14(3)16(28-17)18(25)27-7-2;/h15H,6-13H2,1-5H3,(H2,21,22,24);1H. The maximum absolute atomic E-state index is 12.0. The number of aryl methyl sites for hydroxylation is 1. The molecular formula is C20H35IN4O3S. The Hall–Kier alpha value is -0.940. The van der Waals surface area contributed by atoms with Crippen LogP contribution in [0.15, 0.2) is 4.99 Å². The van der Waals surface area contributed by atoms with E-state index in [-0.39, 0.29) is 41.4 Å². The smallest absolute Gasteiger partial charge is 0.350 e. The minimum atomic E-state index is -0.304. The van der Waals surface area contributed by atoms with Crippen molar-refractivity contribution in [1.29, 1.82) is 0 Å². The number of nitrogens with one attached hydrogen (secondary N) is 2. The van der Waals surface area contributed by atoms with E-state index < -0.39 is 0 Å². The molecular weight excluding hydrogens is 503 g/mol. The molecule has 1 heterocycles. The fourth-order valence-electron chi connectivity index (χ4n) is 3.30. The van der Waals surface area contributed by atoms with Crippen LogP contribution in [-0.2, 0) is 9.47 Å². The molecule has 1 unspecified atom stereocenters. The molecule has 7 nitrogen and oxygen atoms in total. The van der Waals surface area contributed by atoms with Gasteiger partial charge in [-0.25, -0.2) is 9.78 Å². The van der Waals surface area contributed by atoms with Crippen molar-refractivity contribution in [1.82, 2.24) is 15.6 Å². The second-order valence-electron chi connectivity index (χ2n) is 7.34. The molecule has 0 aliphatic heterocycles. The molecule has 2 N–H and O–H groups in total. The third-order valence-electron chi connectivity index (χ3n) is 5.17. The number of carbonyl (C=O) groups is 1. The minimum Gasteiger partial charge on any atom is -0.462 e. The predicted octanol–water partition coefficient (Wildman–Crippen LogP) is 4.07. The van der Waals surface area contributed by atoms with Crippen LogP contribution in [0.3, 0.4) is 0 Å². The highest BCUT2D eigenvalue weighted by Crippen LogP contribution is 2.44. The maximum Gasteiger partial charge on any atom is 0.350 e. The van der Waals surface area contributed by atoms with E-state index in [9.17, 15) is 4.79 Å². The largest absolute Gasteiger partial charge is 0.462 e. The Morgan fingerprint density at radius 1 is 1.38 bits per heavy atom. The zero-order valence-corrected chi connectivity index (χ0v) is 21.3. The summed E-state index contributed by atoms with van der Waals surface area (Å²) in [6.07, 6.45) is 4.75. The SMILES string of the molecule is CCNC(=NCC1(CCOC)CCC1)NC(C)c1nc(C)c(C(=O)OCC)s1.I. The second-order valence-corrected chi connectivity index (χ2v) is 8.38. The van der Waals surface area contributed by atoms with Crippen molar-refractivity contribution in [3.63, 3.8) is 0 Å². The first kappa shape index (κ1) is 26.1. The molecule has 166 valence electrons. The predicted molar refractivity (Wildman–Crippen MR) is 129 cm³/mol. The third kappa shape index (κ3) is 7.36. The van der Waals surface area contributed by atoms with Gasteiger partial charge in [-0.1, -0.05) is 6.42 Å². The van der Waals surface area contributed by atoms with Gasteiger partial charge in [0, 0.05) is 26.8 Å². The average Bonchev–Trinajstić information content (AvgIpc) is 3.03. The first-order valence-electron chi connectivity index (χ1n) is 10.1. The highest BCUT2D eigenvalue weighted by atomic mass is 127. The number of methoxy groups -OCH3 is 1. The molecule has 0 radical (unpaired) electrons. The Bertz CT molecular complexity index is 677. The summed E-state index contributed by atoms with van der Waals surface area (Å²) in [5.41, 5.74) is 0.984. The Kier molecular flexibility index (Phi) is 11.4. The Balaban J connectivity index is 0.00000420. The maximum atomic E-state index is 12.0. The van der Waals surface area contributed by atoms with Gasteiger partial charge in [0.15, 0.2) is 5.96 Å². The van der Waals surface area contributed by atoms with Crippen molar-refractivity contribution < 1.29 is 14.3 Å². The van der Waals surface area contributed by atoms with Crippen LogP contribution >= 0.6 is 35.3 Å². The molecule has 0 aromatic carbocycles. The lowest BCUT2D eigenvalue weighted by Crippen LogP contribution is -2.41. The van der Waals surface area contributed by atoms with Crippen LogP contribution in [0.1, 0.15) is 72.9 Å². The number of rotatable bonds is 10. The number of aliphatic imine (C=N–C) groups is 1. The van der Waals surface area contributed by atoms with E-state index in [1.165, 1.54) is 30.6 Å². The molecule has 1 aromatic heterocycles. The lowest BCUT2D eigenvalue weighted by molar-refractivity contribution is 0.0531. The topological polar surface area (TPSA) is 84.8 Å². The zero-order valence-electron chi connectivity index (χ0n) is 18.2. The van der Waals surface area contributed by atoms with Gasteiger partial charge >= 0.3 is 5.97 Å². The summed E-state index contributed by atoms with van der Waals surface area (Å²) >= 11 is 1.38. The van der Waals surface area contributed by atoms with E-state index in [2.05, 4.69) is 22.5 Å². The Morgan fingerprint density at radius 2 is 2.10 bits per heavy atom. The molecule has 29 heavy (non-hydrogen) atoms. The van der Waals surface area contributed by atoms with Gasteiger partial charge in [-0.15, -0.1) is 35.3 Å². The van der Waals surface area contributed by atoms with E-state index in [0.29, 0.717) is 17.2 Å². The second kappa shape index (κ2) is 12.7. The number of thiazole rings is 1. The van der Waals surface area contributed by atoms with Crippen LogP contribution in [-0.4, -0.2) is 50.3 Å². The molecule has 1 fully saturated rings. The van der Waals surface area contributed by atoms with Gasteiger partial charge in [0.05, 0.1) is 18.3 Å². The summed E-state index contributed by atoms with van der Waals surface area (Å²) in [4.78, 5) is 22.0. The lowest BCUT2D eigenvalue weighted by Gasteiger charge is -2.40. The van der Waals surface area contributed by atoms with Crippen LogP contribution in [0.25, 0.3) is 0 Å². The first-order valence-corrected chi connectivity index (χ1v) is 10.9. The number of hydrogen-bond donors (Lipinski definition) is 2. The van der Waals surface area contributed by atoms with Crippen LogP contribution < -0.4 is 10.6 Å². The normalized spacial score (nSPS) is 16.4. The van der Waals surface area contributed by atoms with Crippen molar-refractivity contribution in [3.05, 3.63) is 15.6 Å². The van der Waals surface area contributed by atoms with E-state index in [0.717, 1.165) is 37.1 Å². The highest BCUT2D eigenvalue weighted by Gasteiger charge is 2.36. The van der Waals surface area contributed by atoms with Gasteiger partial charge in [0.1, 0.15) is 9.88 Å². The van der Waals surface area contributed by atoms with Gasteiger partial charge < -0.3 is 20.1 Å². The molecule has 0 saturated heterocycles. The fraction of sp³-hybridized carbons (Fsp3) is 0.750. The van der Waals surface area contributed by atoms with Crippen LogP contribution in [0, 0.1) is 12.3 Å². The zero-order chi connectivity index (χ0) is 20.6. The van der Waals surface area contributed by atoms with Crippen molar-refractivity contribution in [2.24, 2.45) is 10.4 Å². The number of halogens is 1. The number of carbonyl (C=O) groups excluding carboxylic acids is 1. The van der Waals surface area contributed by atoms with Gasteiger partial charge in [0.2, 0.25) is 0 Å². The monoisotopic (exact) mass is 538 g/mol. The van der Waals surface area contributed by atoms with Crippen molar-refractivity contribution >= 4 is 47.2 Å². The molecule has 9 heteroatoms. The van der Waals surface area contributed by atoms with E-state index in [4.69, 9.17) is 14.5 Å². The van der Waals surface area contributed by atoms with Gasteiger partial charge in [-0.05, 0) is 52.4 Å². The Morgan fingerprint density at radius 3 is 2.66 bits per heavy atom. The molecule has 1 aliphatic carbocycles. The summed E-state index contributed by atoms with van der Waals surface area (Å²) in [5, 5.41) is 7.59. The summed E-state index contributed by atoms with van der Waals surface area (Å²) in [6, 6.07) is -0.0546. The molecule has 0 bridgehead atoms. The van der Waals surface area contributed by atoms with Crippen LogP contribution in [0.5, 0.6) is 0 Å². The number of guanidine groups is 1. The summed E-state index contributed by atoms with van der Waals surface area (Å²) < 4.78 is 10.4. The number of esters is 1. The minimum absolute atomic E-state index is 0. The van der Waals surface area contributed by atoms with E-state index in [1.807, 2.05) is 13.8 Å². The first-order chi connectivity index (χ1) is 13.4.